The average Bonchev–Trinajstić information content (AvgIpc) is 2.71. The number of hydrogen-bond acceptors (Lipinski definition) is 2. The standard InChI is InChI=1S/C13H26N2/c1-11(2)13-10-15(8-7-14-13)9-12-5-3-4-6-12/h11-14H,3-10H2,1-2H3. The summed E-state index contributed by atoms with van der Waals surface area (Å²) in [4.78, 5) is 2.69. The monoisotopic (exact) mass is 210 g/mol. The van der Waals surface area contributed by atoms with E-state index in [1.807, 2.05) is 0 Å². The smallest absolute Gasteiger partial charge is 0.0218 e. The number of nitrogens with one attached hydrogen (secondary N) is 1. The molecule has 88 valence electrons. The lowest BCUT2D eigenvalue weighted by atomic mass is 10.0. The highest BCUT2D eigenvalue weighted by Gasteiger charge is 2.24. The van der Waals surface area contributed by atoms with Crippen molar-refractivity contribution in [3.63, 3.8) is 0 Å². The van der Waals surface area contributed by atoms with E-state index >= 15 is 0 Å². The van der Waals surface area contributed by atoms with Crippen molar-refractivity contribution in [2.24, 2.45) is 11.8 Å². The highest BCUT2D eigenvalue weighted by atomic mass is 15.2. The molecule has 2 nitrogen and oxygen atoms in total. The molecule has 1 saturated carbocycles. The summed E-state index contributed by atoms with van der Waals surface area (Å²) >= 11 is 0. The van der Waals surface area contributed by atoms with Crippen LogP contribution in [0, 0.1) is 11.8 Å². The molecule has 0 radical (unpaired) electrons. The van der Waals surface area contributed by atoms with E-state index in [4.69, 9.17) is 0 Å². The van der Waals surface area contributed by atoms with Crippen molar-refractivity contribution < 1.29 is 0 Å². The Balaban J connectivity index is 1.76. The number of piperazine rings is 1. The first-order chi connectivity index (χ1) is 7.25. The molecule has 0 aromatic carbocycles. The third kappa shape index (κ3) is 3.18. The zero-order valence-corrected chi connectivity index (χ0v) is 10.3. The van der Waals surface area contributed by atoms with Crippen LogP contribution in [0.5, 0.6) is 0 Å². The second kappa shape index (κ2) is 5.31. The molecule has 2 fully saturated rings. The maximum absolute atomic E-state index is 3.63. The summed E-state index contributed by atoms with van der Waals surface area (Å²) in [6, 6.07) is 0.722. The third-order valence-corrected chi connectivity index (χ3v) is 4.09. The zero-order chi connectivity index (χ0) is 10.7. The Morgan fingerprint density at radius 3 is 2.67 bits per heavy atom. The van der Waals surface area contributed by atoms with Crippen LogP contribution in [-0.4, -0.2) is 37.1 Å². The van der Waals surface area contributed by atoms with Crippen molar-refractivity contribution in [3.8, 4) is 0 Å². The molecule has 0 aromatic heterocycles. The van der Waals surface area contributed by atoms with Crippen LogP contribution >= 0.6 is 0 Å². The van der Waals surface area contributed by atoms with Crippen LogP contribution in [0.4, 0.5) is 0 Å². The molecule has 2 rings (SSSR count). The van der Waals surface area contributed by atoms with Gasteiger partial charge in [0.2, 0.25) is 0 Å². The van der Waals surface area contributed by atoms with Gasteiger partial charge in [-0.1, -0.05) is 26.7 Å². The van der Waals surface area contributed by atoms with Crippen molar-refractivity contribution in [2.45, 2.75) is 45.6 Å². The van der Waals surface area contributed by atoms with E-state index in [1.165, 1.54) is 51.9 Å². The number of hydrogen-bond donors (Lipinski definition) is 1. The molecule has 0 spiro atoms. The van der Waals surface area contributed by atoms with Crippen LogP contribution in [0.1, 0.15) is 39.5 Å². The van der Waals surface area contributed by atoms with Crippen molar-refractivity contribution in [1.29, 1.82) is 0 Å². The van der Waals surface area contributed by atoms with Crippen LogP contribution in [0.15, 0.2) is 0 Å². The van der Waals surface area contributed by atoms with E-state index < -0.39 is 0 Å². The molecule has 0 aromatic rings. The Labute approximate surface area is 94.4 Å². The zero-order valence-electron chi connectivity index (χ0n) is 10.3. The topological polar surface area (TPSA) is 15.3 Å². The molecule has 2 aliphatic rings. The summed E-state index contributed by atoms with van der Waals surface area (Å²) in [5.74, 6) is 1.78. The summed E-state index contributed by atoms with van der Waals surface area (Å²) in [5.41, 5.74) is 0. The van der Waals surface area contributed by atoms with Gasteiger partial charge in [0, 0.05) is 32.2 Å². The van der Waals surface area contributed by atoms with Gasteiger partial charge >= 0.3 is 0 Å². The van der Waals surface area contributed by atoms with E-state index in [2.05, 4.69) is 24.1 Å². The van der Waals surface area contributed by atoms with Crippen LogP contribution in [0.3, 0.4) is 0 Å². The summed E-state index contributed by atoms with van der Waals surface area (Å²) in [5, 5.41) is 3.63. The molecule has 1 aliphatic heterocycles. The number of nitrogens with zero attached hydrogens (tertiary/aromatic N) is 1. The molecule has 1 heterocycles. The fourth-order valence-electron chi connectivity index (χ4n) is 3.01. The quantitative estimate of drug-likeness (QED) is 0.767. The fourth-order valence-corrected chi connectivity index (χ4v) is 3.01. The lowest BCUT2D eigenvalue weighted by Gasteiger charge is -2.37. The van der Waals surface area contributed by atoms with Gasteiger partial charge in [-0.2, -0.15) is 0 Å². The predicted molar refractivity (Wildman–Crippen MR) is 65.0 cm³/mol. The Kier molecular flexibility index (Phi) is 4.04. The van der Waals surface area contributed by atoms with Gasteiger partial charge in [0.05, 0.1) is 0 Å². The van der Waals surface area contributed by atoms with Crippen molar-refractivity contribution in [1.82, 2.24) is 10.2 Å². The highest BCUT2D eigenvalue weighted by Crippen LogP contribution is 2.26. The van der Waals surface area contributed by atoms with Gasteiger partial charge < -0.3 is 10.2 Å². The minimum Gasteiger partial charge on any atom is -0.311 e. The van der Waals surface area contributed by atoms with Gasteiger partial charge in [0.1, 0.15) is 0 Å². The average molecular weight is 210 g/mol. The van der Waals surface area contributed by atoms with Crippen LogP contribution < -0.4 is 5.32 Å². The molecule has 1 aliphatic carbocycles. The molecule has 0 amide bonds. The van der Waals surface area contributed by atoms with Gasteiger partial charge in [0.15, 0.2) is 0 Å². The lowest BCUT2D eigenvalue weighted by Crippen LogP contribution is -2.53. The van der Waals surface area contributed by atoms with E-state index in [0.29, 0.717) is 0 Å². The highest BCUT2D eigenvalue weighted by molar-refractivity contribution is 4.82. The second-order valence-electron chi connectivity index (χ2n) is 5.71. The Bertz CT molecular complexity index is 183. The first kappa shape index (κ1) is 11.4. The molecule has 1 unspecified atom stereocenters. The van der Waals surface area contributed by atoms with Crippen LogP contribution in [0.25, 0.3) is 0 Å². The van der Waals surface area contributed by atoms with Crippen molar-refractivity contribution in [3.05, 3.63) is 0 Å². The van der Waals surface area contributed by atoms with Gasteiger partial charge in [-0.3, -0.25) is 0 Å². The van der Waals surface area contributed by atoms with Crippen molar-refractivity contribution in [2.75, 3.05) is 26.2 Å². The van der Waals surface area contributed by atoms with E-state index in [0.717, 1.165) is 17.9 Å². The maximum Gasteiger partial charge on any atom is 0.0218 e. The van der Waals surface area contributed by atoms with E-state index in [1.54, 1.807) is 0 Å². The first-order valence-electron chi connectivity index (χ1n) is 6.71. The largest absolute Gasteiger partial charge is 0.311 e. The predicted octanol–water partition coefficient (Wildman–Crippen LogP) is 2.11. The molecule has 1 saturated heterocycles. The molecular formula is C13H26N2. The maximum atomic E-state index is 3.63. The summed E-state index contributed by atoms with van der Waals surface area (Å²) < 4.78 is 0. The van der Waals surface area contributed by atoms with Crippen molar-refractivity contribution >= 4 is 0 Å². The molecule has 1 N–H and O–H groups in total. The summed E-state index contributed by atoms with van der Waals surface area (Å²) in [6.45, 7) is 9.75. The summed E-state index contributed by atoms with van der Waals surface area (Å²) in [7, 11) is 0. The number of rotatable bonds is 3. The molecule has 1 atom stereocenters. The van der Waals surface area contributed by atoms with Gasteiger partial charge in [-0.15, -0.1) is 0 Å². The fraction of sp³-hybridized carbons (Fsp3) is 1.00. The van der Waals surface area contributed by atoms with E-state index in [-0.39, 0.29) is 0 Å². The lowest BCUT2D eigenvalue weighted by molar-refractivity contribution is 0.154. The van der Waals surface area contributed by atoms with Gasteiger partial charge in [0.25, 0.3) is 0 Å². The van der Waals surface area contributed by atoms with Gasteiger partial charge in [-0.25, -0.2) is 0 Å². The molecular weight excluding hydrogens is 184 g/mol. The second-order valence-corrected chi connectivity index (χ2v) is 5.71. The SMILES string of the molecule is CC(C)C1CN(CC2CCCC2)CCN1. The first-order valence-corrected chi connectivity index (χ1v) is 6.71. The summed E-state index contributed by atoms with van der Waals surface area (Å²) in [6.07, 6.45) is 5.92. The minimum absolute atomic E-state index is 0.722. The third-order valence-electron chi connectivity index (χ3n) is 4.09. The Hall–Kier alpha value is -0.0800. The Morgan fingerprint density at radius 2 is 2.00 bits per heavy atom. The van der Waals surface area contributed by atoms with Gasteiger partial charge in [-0.05, 0) is 24.7 Å². The molecule has 0 bridgehead atoms. The molecule has 2 heteroatoms. The normalized spacial score (nSPS) is 30.2. The Morgan fingerprint density at radius 1 is 1.27 bits per heavy atom. The molecule has 15 heavy (non-hydrogen) atoms. The van der Waals surface area contributed by atoms with Crippen LogP contribution in [0.2, 0.25) is 0 Å². The van der Waals surface area contributed by atoms with Crippen LogP contribution in [-0.2, 0) is 0 Å². The van der Waals surface area contributed by atoms with E-state index in [9.17, 15) is 0 Å². The minimum atomic E-state index is 0.722.